The number of carboxylic acids is 1. The number of carbonyl (C=O) groups is 2. The zero-order chi connectivity index (χ0) is 14.4. The zero-order valence-corrected chi connectivity index (χ0v) is 11.3. The number of hydrogen-bond acceptors (Lipinski definition) is 4. The second kappa shape index (κ2) is 6.72. The number of nitrogens with one attached hydrogen (secondary N) is 2. The van der Waals surface area contributed by atoms with Gasteiger partial charge in [0.2, 0.25) is 0 Å². The summed E-state index contributed by atoms with van der Waals surface area (Å²) in [4.78, 5) is 28.1. The summed E-state index contributed by atoms with van der Waals surface area (Å²) in [5, 5.41) is 18.1. The van der Waals surface area contributed by atoms with Crippen LogP contribution in [-0.2, 0) is 11.3 Å². The quantitative estimate of drug-likeness (QED) is 0.690. The smallest absolute Gasteiger partial charge is 0.317 e. The maximum atomic E-state index is 11.8. The number of carboxylic acid groups (broad SMARTS) is 1. The highest BCUT2D eigenvalue weighted by Gasteiger charge is 2.17. The summed E-state index contributed by atoms with van der Waals surface area (Å²) in [6.07, 6.45) is 0.472. The average Bonchev–Trinajstić information content (AvgIpc) is 2.74. The molecule has 0 spiro atoms. The number of amides is 2. The third-order valence-electron chi connectivity index (χ3n) is 2.71. The van der Waals surface area contributed by atoms with Crippen LogP contribution in [0.2, 0.25) is 0 Å². The van der Waals surface area contributed by atoms with E-state index in [1.807, 2.05) is 0 Å². The van der Waals surface area contributed by atoms with Gasteiger partial charge < -0.3 is 15.3 Å². The van der Waals surface area contributed by atoms with E-state index in [1.54, 1.807) is 20.9 Å². The first-order chi connectivity index (χ1) is 8.93. The number of rotatable bonds is 6. The van der Waals surface area contributed by atoms with Crippen LogP contribution in [0.4, 0.5) is 4.79 Å². The van der Waals surface area contributed by atoms with Crippen LogP contribution in [0.5, 0.6) is 0 Å². The van der Waals surface area contributed by atoms with E-state index in [1.165, 1.54) is 4.90 Å². The summed E-state index contributed by atoms with van der Waals surface area (Å²) in [7, 11) is 1.60. The largest absolute Gasteiger partial charge is 0.481 e. The first-order valence-electron chi connectivity index (χ1n) is 6.03. The van der Waals surface area contributed by atoms with Crippen LogP contribution in [0, 0.1) is 12.8 Å². The molecule has 106 valence electrons. The van der Waals surface area contributed by atoms with Crippen molar-refractivity contribution < 1.29 is 14.7 Å². The normalized spacial score (nSPS) is 11.9. The van der Waals surface area contributed by atoms with Crippen molar-refractivity contribution in [1.82, 2.24) is 25.4 Å². The van der Waals surface area contributed by atoms with Crippen LogP contribution in [0.25, 0.3) is 0 Å². The van der Waals surface area contributed by atoms with Gasteiger partial charge >= 0.3 is 12.0 Å². The Balaban J connectivity index is 2.42. The van der Waals surface area contributed by atoms with Crippen LogP contribution >= 0.6 is 0 Å². The van der Waals surface area contributed by atoms with Crippen LogP contribution in [-0.4, -0.2) is 50.8 Å². The Bertz CT molecular complexity index is 445. The van der Waals surface area contributed by atoms with Gasteiger partial charge in [-0.05, 0) is 13.3 Å². The highest BCUT2D eigenvalue weighted by Crippen LogP contribution is 2.02. The zero-order valence-electron chi connectivity index (χ0n) is 11.3. The molecule has 0 saturated heterocycles. The fraction of sp³-hybridized carbons (Fsp3) is 0.636. The maximum Gasteiger partial charge on any atom is 0.317 e. The molecular weight excluding hydrogens is 250 g/mol. The van der Waals surface area contributed by atoms with E-state index in [4.69, 9.17) is 5.11 Å². The lowest BCUT2D eigenvalue weighted by Crippen LogP contribution is -2.40. The minimum atomic E-state index is -0.907. The van der Waals surface area contributed by atoms with Crippen molar-refractivity contribution >= 4 is 12.0 Å². The number of carbonyl (C=O) groups excluding carboxylic acids is 1. The molecule has 1 unspecified atom stereocenters. The molecule has 0 fully saturated rings. The Labute approximate surface area is 111 Å². The lowest BCUT2D eigenvalue weighted by molar-refractivity contribution is -0.141. The molecule has 0 aliphatic rings. The number of aromatic nitrogens is 3. The van der Waals surface area contributed by atoms with Crippen molar-refractivity contribution in [1.29, 1.82) is 0 Å². The van der Waals surface area contributed by atoms with E-state index in [-0.39, 0.29) is 19.1 Å². The maximum absolute atomic E-state index is 11.8. The number of urea groups is 1. The summed E-state index contributed by atoms with van der Waals surface area (Å²) in [5.74, 6) is -0.278. The van der Waals surface area contributed by atoms with E-state index in [0.29, 0.717) is 18.1 Å². The third-order valence-corrected chi connectivity index (χ3v) is 2.71. The minimum absolute atomic E-state index is 0.113. The van der Waals surface area contributed by atoms with E-state index < -0.39 is 11.9 Å². The van der Waals surface area contributed by atoms with E-state index in [2.05, 4.69) is 20.5 Å². The molecule has 0 aromatic carbocycles. The molecule has 8 heteroatoms. The lowest BCUT2D eigenvalue weighted by Gasteiger charge is -2.18. The summed E-state index contributed by atoms with van der Waals surface area (Å²) in [6.45, 7) is 3.92. The summed E-state index contributed by atoms with van der Waals surface area (Å²) in [6, 6.07) is -0.345. The molecule has 0 aliphatic carbocycles. The van der Waals surface area contributed by atoms with Gasteiger partial charge in [0.25, 0.3) is 0 Å². The molecular formula is C11H19N5O3. The van der Waals surface area contributed by atoms with E-state index in [0.717, 1.165) is 0 Å². The summed E-state index contributed by atoms with van der Waals surface area (Å²) < 4.78 is 0. The molecule has 19 heavy (non-hydrogen) atoms. The first-order valence-corrected chi connectivity index (χ1v) is 6.03. The summed E-state index contributed by atoms with van der Waals surface area (Å²) >= 11 is 0. The van der Waals surface area contributed by atoms with Crippen molar-refractivity contribution in [3.8, 4) is 0 Å². The molecule has 8 nitrogen and oxygen atoms in total. The standard InChI is InChI=1S/C11H19N5O3/c1-4-8(10(17)18)5-12-11(19)16(3)6-9-13-7(2)14-15-9/h8H,4-6H2,1-3H3,(H,12,19)(H,17,18)(H,13,14,15). The molecule has 1 heterocycles. The van der Waals surface area contributed by atoms with Crippen LogP contribution in [0.15, 0.2) is 0 Å². The summed E-state index contributed by atoms with van der Waals surface area (Å²) in [5.41, 5.74) is 0. The van der Waals surface area contributed by atoms with Gasteiger partial charge in [-0.15, -0.1) is 0 Å². The average molecular weight is 269 g/mol. The van der Waals surface area contributed by atoms with Crippen molar-refractivity contribution in [3.63, 3.8) is 0 Å². The van der Waals surface area contributed by atoms with Crippen molar-refractivity contribution in [3.05, 3.63) is 11.6 Å². The van der Waals surface area contributed by atoms with E-state index >= 15 is 0 Å². The third kappa shape index (κ3) is 4.57. The Morgan fingerprint density at radius 3 is 2.68 bits per heavy atom. The number of nitrogens with zero attached hydrogens (tertiary/aromatic N) is 3. The van der Waals surface area contributed by atoms with Crippen LogP contribution < -0.4 is 5.32 Å². The SMILES string of the molecule is CCC(CNC(=O)N(C)Cc1n[nH]c(C)n1)C(=O)O. The number of aliphatic carboxylic acids is 1. The van der Waals surface area contributed by atoms with Gasteiger partial charge in [-0.3, -0.25) is 9.89 Å². The molecule has 1 aromatic rings. The van der Waals surface area contributed by atoms with Gasteiger partial charge in [0.1, 0.15) is 5.82 Å². The monoisotopic (exact) mass is 269 g/mol. The number of hydrogen-bond donors (Lipinski definition) is 3. The molecule has 1 rings (SSSR count). The fourth-order valence-corrected chi connectivity index (χ4v) is 1.50. The van der Waals surface area contributed by atoms with Crippen LogP contribution in [0.3, 0.4) is 0 Å². The molecule has 1 atom stereocenters. The van der Waals surface area contributed by atoms with Gasteiger partial charge in [0, 0.05) is 13.6 Å². The van der Waals surface area contributed by atoms with E-state index in [9.17, 15) is 9.59 Å². The van der Waals surface area contributed by atoms with Crippen molar-refractivity contribution in [2.45, 2.75) is 26.8 Å². The lowest BCUT2D eigenvalue weighted by atomic mass is 10.1. The van der Waals surface area contributed by atoms with Gasteiger partial charge in [0.15, 0.2) is 5.82 Å². The van der Waals surface area contributed by atoms with Crippen molar-refractivity contribution in [2.24, 2.45) is 5.92 Å². The predicted octanol–water partition coefficient (Wildman–Crippen LogP) is 0.365. The molecule has 2 amide bonds. The molecule has 0 saturated carbocycles. The fourth-order valence-electron chi connectivity index (χ4n) is 1.50. The molecule has 0 aliphatic heterocycles. The number of aromatic amines is 1. The number of H-pyrrole nitrogens is 1. The molecule has 3 N–H and O–H groups in total. The first kappa shape index (κ1) is 14.9. The van der Waals surface area contributed by atoms with Gasteiger partial charge in [0.05, 0.1) is 12.5 Å². The second-order valence-electron chi connectivity index (χ2n) is 4.32. The van der Waals surface area contributed by atoms with Crippen molar-refractivity contribution in [2.75, 3.05) is 13.6 Å². The molecule has 1 aromatic heterocycles. The topological polar surface area (TPSA) is 111 Å². The van der Waals surface area contributed by atoms with Crippen LogP contribution in [0.1, 0.15) is 25.0 Å². The number of aryl methyl sites for hydroxylation is 1. The molecule has 0 radical (unpaired) electrons. The Morgan fingerprint density at radius 1 is 1.53 bits per heavy atom. The second-order valence-corrected chi connectivity index (χ2v) is 4.32. The molecule has 0 bridgehead atoms. The Morgan fingerprint density at radius 2 is 2.21 bits per heavy atom. The predicted molar refractivity (Wildman–Crippen MR) is 67.4 cm³/mol. The van der Waals surface area contributed by atoms with Gasteiger partial charge in [-0.1, -0.05) is 6.92 Å². The highest BCUT2D eigenvalue weighted by atomic mass is 16.4. The minimum Gasteiger partial charge on any atom is -0.481 e. The van der Waals surface area contributed by atoms with Gasteiger partial charge in [-0.25, -0.2) is 9.78 Å². The Hall–Kier alpha value is -2.12. The Kier molecular flexibility index (Phi) is 5.28. The van der Waals surface area contributed by atoms with Gasteiger partial charge in [-0.2, -0.15) is 5.10 Å². The highest BCUT2D eigenvalue weighted by molar-refractivity contribution is 5.75.